The molecule has 0 unspecified atom stereocenters. The van der Waals surface area contributed by atoms with Crippen LogP contribution >= 0.6 is 0 Å². The number of hydrogen-bond acceptors (Lipinski definition) is 6. The van der Waals surface area contributed by atoms with Crippen molar-refractivity contribution < 1.29 is 25.9 Å². The van der Waals surface area contributed by atoms with Gasteiger partial charge in [0.1, 0.15) is 20.2 Å². The summed E-state index contributed by atoms with van der Waals surface area (Å²) in [4.78, 5) is -0.248. The van der Waals surface area contributed by atoms with E-state index in [1.807, 2.05) is 36.4 Å². The van der Waals surface area contributed by atoms with Crippen molar-refractivity contribution in [3.05, 3.63) is 83.9 Å². The molecule has 9 heteroatoms. The second-order valence-electron chi connectivity index (χ2n) is 15.1. The number of unbranched alkanes of at least 4 members (excludes halogenated alkanes) is 20. The molecule has 0 N–H and O–H groups in total. The van der Waals surface area contributed by atoms with Gasteiger partial charge in [-0.05, 0) is 70.5 Å². The second-order valence-corrected chi connectivity index (χ2v) is 17.8. The zero-order valence-corrected chi connectivity index (χ0v) is 37.7. The summed E-state index contributed by atoms with van der Waals surface area (Å²) in [6.07, 6.45) is 31.2. The monoisotopic (exact) mass is 818 g/mol. The molecular weight excluding hydrogens is 753 g/mol. The molecule has 4 aromatic carbocycles. The topological polar surface area (TPSA) is 114 Å². The first-order chi connectivity index (χ1) is 26.0. The molecule has 0 bridgehead atoms. The Morgan fingerprint density at radius 3 is 0.982 bits per heavy atom. The molecule has 0 heterocycles. The second kappa shape index (κ2) is 28.0. The van der Waals surface area contributed by atoms with Crippen molar-refractivity contribution in [2.75, 3.05) is 0 Å². The first-order valence-electron chi connectivity index (χ1n) is 21.0. The molecular formula is C46H66CaO6S2. The molecule has 4 aromatic rings. The van der Waals surface area contributed by atoms with Crippen LogP contribution in [0.4, 0.5) is 0 Å². The number of aryl methyl sites for hydroxylation is 2. The maximum Gasteiger partial charge on any atom is 2.00 e. The van der Waals surface area contributed by atoms with Crippen LogP contribution in [0.5, 0.6) is 0 Å². The summed E-state index contributed by atoms with van der Waals surface area (Å²) < 4.78 is 68.2. The van der Waals surface area contributed by atoms with E-state index in [4.69, 9.17) is 0 Å². The predicted octanol–water partition coefficient (Wildman–Crippen LogP) is 12.8. The quantitative estimate of drug-likeness (QED) is 0.0354. The molecule has 0 saturated heterocycles. The zero-order chi connectivity index (χ0) is 39.1. The van der Waals surface area contributed by atoms with Gasteiger partial charge in [0.15, 0.2) is 0 Å². The molecule has 0 amide bonds. The first-order valence-corrected chi connectivity index (χ1v) is 23.8. The van der Waals surface area contributed by atoms with Gasteiger partial charge in [-0.3, -0.25) is 0 Å². The fourth-order valence-electron chi connectivity index (χ4n) is 7.34. The van der Waals surface area contributed by atoms with Crippen LogP contribution in [0.2, 0.25) is 0 Å². The average Bonchev–Trinajstić information content (AvgIpc) is 3.15. The Bertz CT molecular complexity index is 1740. The van der Waals surface area contributed by atoms with E-state index in [9.17, 15) is 25.9 Å². The van der Waals surface area contributed by atoms with Crippen LogP contribution in [0, 0.1) is 0 Å². The summed E-state index contributed by atoms with van der Waals surface area (Å²) in [5.41, 5.74) is 2.41. The Morgan fingerprint density at radius 1 is 0.400 bits per heavy atom. The van der Waals surface area contributed by atoms with E-state index in [0.717, 1.165) is 36.5 Å². The Balaban J connectivity index is 0.000000373. The minimum absolute atomic E-state index is 0. The third-order valence-corrected chi connectivity index (χ3v) is 12.3. The van der Waals surface area contributed by atoms with Gasteiger partial charge in [-0.2, -0.15) is 0 Å². The molecule has 0 fully saturated rings. The van der Waals surface area contributed by atoms with Gasteiger partial charge in [-0.1, -0.05) is 203 Å². The summed E-state index contributed by atoms with van der Waals surface area (Å²) in [5, 5.41) is 2.70. The van der Waals surface area contributed by atoms with Gasteiger partial charge in [0.25, 0.3) is 0 Å². The summed E-state index contributed by atoms with van der Waals surface area (Å²) in [7, 11) is -8.86. The van der Waals surface area contributed by atoms with Gasteiger partial charge >= 0.3 is 37.7 Å². The molecule has 0 aliphatic rings. The molecule has 0 aromatic heterocycles. The predicted molar refractivity (Wildman–Crippen MR) is 230 cm³/mol. The third kappa shape index (κ3) is 19.7. The van der Waals surface area contributed by atoms with Crippen molar-refractivity contribution in [1.82, 2.24) is 0 Å². The van der Waals surface area contributed by atoms with Crippen LogP contribution in [0.1, 0.15) is 166 Å². The number of fused-ring (bicyclic) bond motifs is 2. The summed E-state index contributed by atoms with van der Waals surface area (Å²) >= 11 is 0. The van der Waals surface area contributed by atoms with Gasteiger partial charge in [0, 0.05) is 0 Å². The van der Waals surface area contributed by atoms with Crippen LogP contribution in [0.3, 0.4) is 0 Å². The first kappa shape index (κ1) is 49.6. The van der Waals surface area contributed by atoms with Crippen molar-refractivity contribution in [1.29, 1.82) is 0 Å². The fraction of sp³-hybridized carbons (Fsp3) is 0.565. The Morgan fingerprint density at radius 2 is 0.691 bits per heavy atom. The van der Waals surface area contributed by atoms with Gasteiger partial charge in [-0.15, -0.1) is 0 Å². The van der Waals surface area contributed by atoms with E-state index in [0.29, 0.717) is 10.8 Å². The molecule has 6 nitrogen and oxygen atoms in total. The van der Waals surface area contributed by atoms with Crippen molar-refractivity contribution >= 4 is 79.5 Å². The molecule has 0 spiro atoms. The van der Waals surface area contributed by atoms with Crippen molar-refractivity contribution in [3.8, 4) is 0 Å². The standard InChI is InChI=1S/2C23H34O3S.Ca/c2*1-2-3-4-5-6-7-8-9-10-11-12-14-20-17-18-22-21(19-20)15-13-16-23(22)27(24,25)26;/h2*13,15-19H,2-12,14H2,1H3,(H,24,25,26);/q;;+2/p-2. The molecule has 0 aliphatic carbocycles. The van der Waals surface area contributed by atoms with E-state index in [1.165, 1.54) is 152 Å². The van der Waals surface area contributed by atoms with E-state index < -0.39 is 20.2 Å². The van der Waals surface area contributed by atoms with Crippen LogP contribution in [-0.4, -0.2) is 63.7 Å². The molecule has 4 rings (SSSR count). The van der Waals surface area contributed by atoms with Crippen LogP contribution in [-0.2, 0) is 33.1 Å². The maximum atomic E-state index is 11.4. The van der Waals surface area contributed by atoms with E-state index >= 15 is 0 Å². The van der Waals surface area contributed by atoms with E-state index in [-0.39, 0.29) is 47.5 Å². The molecule has 0 saturated carbocycles. The smallest absolute Gasteiger partial charge is 0.744 e. The van der Waals surface area contributed by atoms with Gasteiger partial charge in [0.05, 0.1) is 9.79 Å². The normalized spacial score (nSPS) is 11.7. The van der Waals surface area contributed by atoms with Gasteiger partial charge < -0.3 is 9.11 Å². The van der Waals surface area contributed by atoms with Gasteiger partial charge in [0.2, 0.25) is 0 Å². The van der Waals surface area contributed by atoms with E-state index in [2.05, 4.69) is 13.8 Å². The Labute approximate surface area is 364 Å². The molecule has 0 radical (unpaired) electrons. The number of benzene rings is 4. The Kier molecular flexibility index (Phi) is 25.3. The minimum Gasteiger partial charge on any atom is -0.744 e. The van der Waals surface area contributed by atoms with Crippen LogP contribution in [0.15, 0.2) is 82.6 Å². The zero-order valence-electron chi connectivity index (χ0n) is 33.9. The fourth-order valence-corrected chi connectivity index (χ4v) is 8.74. The van der Waals surface area contributed by atoms with Crippen LogP contribution < -0.4 is 0 Å². The summed E-state index contributed by atoms with van der Waals surface area (Å²) in [6.45, 7) is 4.51. The Hall–Kier alpha value is -1.52. The SMILES string of the molecule is CCCCCCCCCCCCCc1ccc2c(S(=O)(=O)[O-])cccc2c1.CCCCCCCCCCCCCc1ccc2c(S(=O)(=O)[O-])cccc2c1.[Ca+2]. The maximum absolute atomic E-state index is 11.4. The molecule has 0 atom stereocenters. The average molecular weight is 819 g/mol. The number of hydrogen-bond donors (Lipinski definition) is 0. The van der Waals surface area contributed by atoms with E-state index in [1.54, 1.807) is 24.3 Å². The molecule has 300 valence electrons. The largest absolute Gasteiger partial charge is 2.00 e. The van der Waals surface area contributed by atoms with Crippen molar-refractivity contribution in [2.24, 2.45) is 0 Å². The van der Waals surface area contributed by atoms with Crippen molar-refractivity contribution in [3.63, 3.8) is 0 Å². The summed E-state index contributed by atoms with van der Waals surface area (Å²) in [6, 6.07) is 21.3. The summed E-state index contributed by atoms with van der Waals surface area (Å²) in [5.74, 6) is 0. The number of rotatable bonds is 26. The van der Waals surface area contributed by atoms with Gasteiger partial charge in [-0.25, -0.2) is 16.8 Å². The van der Waals surface area contributed by atoms with Crippen LogP contribution in [0.25, 0.3) is 21.5 Å². The molecule has 55 heavy (non-hydrogen) atoms. The molecule has 0 aliphatic heterocycles. The minimum atomic E-state index is -4.43. The third-order valence-electron chi connectivity index (χ3n) is 10.5. The van der Waals surface area contributed by atoms with Crippen molar-refractivity contribution in [2.45, 2.75) is 178 Å².